The molecule has 0 heterocycles. The lowest BCUT2D eigenvalue weighted by Gasteiger charge is -2.30. The molecule has 2 atom stereocenters. The third-order valence-electron chi connectivity index (χ3n) is 5.41. The zero-order chi connectivity index (χ0) is 23.0. The fourth-order valence-corrected chi connectivity index (χ4v) is 3.26. The Hall–Kier alpha value is -2.82. The molecule has 31 heavy (non-hydrogen) atoms. The normalized spacial score (nSPS) is 13.2. The molecule has 0 bridgehead atoms. The molecule has 0 spiro atoms. The van der Waals surface area contributed by atoms with E-state index in [0.29, 0.717) is 12.3 Å². The SMILES string of the molecule is CCC(C)NC(=O)C(C)N(Cc1ccccc1)C(=O)COc1ccccc1C(C)(C)C. The number of nitrogens with one attached hydrogen (secondary N) is 1. The first-order valence-corrected chi connectivity index (χ1v) is 11.0. The highest BCUT2D eigenvalue weighted by Gasteiger charge is 2.27. The molecule has 0 aliphatic carbocycles. The van der Waals surface area contributed by atoms with Gasteiger partial charge in [0.2, 0.25) is 5.91 Å². The smallest absolute Gasteiger partial charge is 0.261 e. The molecule has 5 nitrogen and oxygen atoms in total. The Morgan fingerprint density at radius 1 is 1.00 bits per heavy atom. The summed E-state index contributed by atoms with van der Waals surface area (Å²) in [6.45, 7) is 12.3. The summed E-state index contributed by atoms with van der Waals surface area (Å²) < 4.78 is 5.95. The summed E-state index contributed by atoms with van der Waals surface area (Å²) in [7, 11) is 0. The van der Waals surface area contributed by atoms with E-state index >= 15 is 0 Å². The van der Waals surface area contributed by atoms with Crippen LogP contribution in [0.1, 0.15) is 59.1 Å². The van der Waals surface area contributed by atoms with Crippen LogP contribution in [0.15, 0.2) is 54.6 Å². The van der Waals surface area contributed by atoms with Crippen molar-refractivity contribution in [3.05, 3.63) is 65.7 Å². The minimum absolute atomic E-state index is 0.0542. The first-order chi connectivity index (χ1) is 14.6. The van der Waals surface area contributed by atoms with Crippen LogP contribution in [-0.4, -0.2) is 35.4 Å². The van der Waals surface area contributed by atoms with E-state index in [2.05, 4.69) is 26.1 Å². The van der Waals surface area contributed by atoms with Gasteiger partial charge in [0.15, 0.2) is 6.61 Å². The fourth-order valence-electron chi connectivity index (χ4n) is 3.26. The lowest BCUT2D eigenvalue weighted by molar-refractivity contribution is -0.142. The Morgan fingerprint density at radius 3 is 2.23 bits per heavy atom. The average molecular weight is 425 g/mol. The number of benzene rings is 2. The van der Waals surface area contributed by atoms with Crippen molar-refractivity contribution in [2.75, 3.05) is 6.61 Å². The molecule has 0 radical (unpaired) electrons. The second-order valence-corrected chi connectivity index (χ2v) is 9.04. The van der Waals surface area contributed by atoms with Crippen molar-refractivity contribution >= 4 is 11.8 Å². The van der Waals surface area contributed by atoms with Crippen LogP contribution in [0.4, 0.5) is 0 Å². The molecular formula is C26H36N2O3. The molecule has 2 rings (SSSR count). The van der Waals surface area contributed by atoms with E-state index in [1.54, 1.807) is 11.8 Å². The molecule has 1 N–H and O–H groups in total. The molecule has 0 aromatic heterocycles. The molecule has 0 saturated carbocycles. The standard InChI is InChI=1S/C26H36N2O3/c1-7-19(2)27-25(30)20(3)28(17-21-13-9-8-10-14-21)24(29)18-31-23-16-12-11-15-22(23)26(4,5)6/h8-16,19-20H,7,17-18H2,1-6H3,(H,27,30). The second-order valence-electron chi connectivity index (χ2n) is 9.04. The van der Waals surface area contributed by atoms with Crippen LogP contribution in [0.5, 0.6) is 5.75 Å². The third kappa shape index (κ3) is 7.12. The number of carbonyl (C=O) groups excluding carboxylic acids is 2. The number of hydrogen-bond donors (Lipinski definition) is 1. The maximum Gasteiger partial charge on any atom is 0.261 e. The average Bonchev–Trinajstić information content (AvgIpc) is 2.75. The summed E-state index contributed by atoms with van der Waals surface area (Å²) in [6, 6.07) is 16.9. The number of para-hydroxylation sites is 1. The van der Waals surface area contributed by atoms with Gasteiger partial charge in [0.25, 0.3) is 5.91 Å². The van der Waals surface area contributed by atoms with Gasteiger partial charge in [0.05, 0.1) is 0 Å². The summed E-state index contributed by atoms with van der Waals surface area (Å²) in [5, 5.41) is 2.98. The molecular weight excluding hydrogens is 388 g/mol. The van der Waals surface area contributed by atoms with Gasteiger partial charge in [0, 0.05) is 12.6 Å². The summed E-state index contributed by atoms with van der Waals surface area (Å²) in [5.74, 6) is 0.313. The number of amides is 2. The van der Waals surface area contributed by atoms with Crippen LogP contribution in [0.3, 0.4) is 0 Å². The maximum atomic E-state index is 13.2. The Kier molecular flexibility index (Phi) is 8.66. The molecule has 2 aromatic rings. The Bertz CT molecular complexity index is 858. The number of hydrogen-bond acceptors (Lipinski definition) is 3. The monoisotopic (exact) mass is 424 g/mol. The van der Waals surface area contributed by atoms with Gasteiger partial charge in [0.1, 0.15) is 11.8 Å². The van der Waals surface area contributed by atoms with E-state index in [-0.39, 0.29) is 29.9 Å². The van der Waals surface area contributed by atoms with Gasteiger partial charge in [-0.3, -0.25) is 9.59 Å². The summed E-state index contributed by atoms with van der Waals surface area (Å²) in [4.78, 5) is 27.6. The highest BCUT2D eigenvalue weighted by atomic mass is 16.5. The fraction of sp³-hybridized carbons (Fsp3) is 0.462. The Labute approximate surface area is 186 Å². The third-order valence-corrected chi connectivity index (χ3v) is 5.41. The van der Waals surface area contributed by atoms with Gasteiger partial charge in [-0.05, 0) is 42.9 Å². The number of nitrogens with zero attached hydrogens (tertiary/aromatic N) is 1. The van der Waals surface area contributed by atoms with Gasteiger partial charge < -0.3 is 15.0 Å². The van der Waals surface area contributed by atoms with E-state index in [1.165, 1.54) is 0 Å². The first kappa shape index (κ1) is 24.4. The molecule has 2 unspecified atom stereocenters. The van der Waals surface area contributed by atoms with Crippen molar-refractivity contribution in [2.24, 2.45) is 0 Å². The van der Waals surface area contributed by atoms with Crippen molar-refractivity contribution in [3.63, 3.8) is 0 Å². The highest BCUT2D eigenvalue weighted by molar-refractivity contribution is 5.88. The molecule has 0 aliphatic rings. The van der Waals surface area contributed by atoms with Crippen LogP contribution >= 0.6 is 0 Å². The number of ether oxygens (including phenoxy) is 1. The van der Waals surface area contributed by atoms with E-state index in [1.807, 2.05) is 68.4 Å². The molecule has 0 saturated heterocycles. The van der Waals surface area contributed by atoms with Crippen molar-refractivity contribution in [1.82, 2.24) is 10.2 Å². The summed E-state index contributed by atoms with van der Waals surface area (Å²) >= 11 is 0. The van der Waals surface area contributed by atoms with Gasteiger partial charge >= 0.3 is 0 Å². The van der Waals surface area contributed by atoms with Gasteiger partial charge in [-0.1, -0.05) is 76.2 Å². The lowest BCUT2D eigenvalue weighted by Crippen LogP contribution is -2.50. The van der Waals surface area contributed by atoms with E-state index < -0.39 is 6.04 Å². The number of rotatable bonds is 9. The Morgan fingerprint density at radius 2 is 1.61 bits per heavy atom. The molecule has 2 aromatic carbocycles. The molecule has 0 aliphatic heterocycles. The highest BCUT2D eigenvalue weighted by Crippen LogP contribution is 2.31. The minimum atomic E-state index is -0.608. The Balaban J connectivity index is 2.19. The summed E-state index contributed by atoms with van der Waals surface area (Å²) in [5.41, 5.74) is 1.90. The lowest BCUT2D eigenvalue weighted by atomic mass is 9.86. The maximum absolute atomic E-state index is 13.2. The van der Waals surface area contributed by atoms with Crippen LogP contribution in [0.2, 0.25) is 0 Å². The largest absolute Gasteiger partial charge is 0.483 e. The first-order valence-electron chi connectivity index (χ1n) is 11.0. The van der Waals surface area contributed by atoms with E-state index in [0.717, 1.165) is 17.5 Å². The van der Waals surface area contributed by atoms with Crippen LogP contribution < -0.4 is 10.1 Å². The van der Waals surface area contributed by atoms with Crippen molar-refractivity contribution in [2.45, 2.75) is 72.0 Å². The predicted molar refractivity (Wildman–Crippen MR) is 125 cm³/mol. The zero-order valence-electron chi connectivity index (χ0n) is 19.6. The van der Waals surface area contributed by atoms with E-state index in [4.69, 9.17) is 4.74 Å². The van der Waals surface area contributed by atoms with Gasteiger partial charge in [-0.15, -0.1) is 0 Å². The molecule has 2 amide bonds. The molecule has 5 heteroatoms. The second kappa shape index (κ2) is 11.0. The van der Waals surface area contributed by atoms with Gasteiger partial charge in [-0.25, -0.2) is 0 Å². The molecule has 168 valence electrons. The van der Waals surface area contributed by atoms with Crippen LogP contribution in [0, 0.1) is 0 Å². The summed E-state index contributed by atoms with van der Waals surface area (Å²) in [6.07, 6.45) is 0.831. The quantitative estimate of drug-likeness (QED) is 0.635. The van der Waals surface area contributed by atoms with Crippen molar-refractivity contribution < 1.29 is 14.3 Å². The van der Waals surface area contributed by atoms with E-state index in [9.17, 15) is 9.59 Å². The van der Waals surface area contributed by atoms with Crippen LogP contribution in [0.25, 0.3) is 0 Å². The van der Waals surface area contributed by atoms with Crippen molar-refractivity contribution in [1.29, 1.82) is 0 Å². The minimum Gasteiger partial charge on any atom is -0.483 e. The number of carbonyl (C=O) groups is 2. The topological polar surface area (TPSA) is 58.6 Å². The van der Waals surface area contributed by atoms with Crippen LogP contribution in [-0.2, 0) is 21.5 Å². The molecule has 0 fully saturated rings. The predicted octanol–water partition coefficient (Wildman–Crippen LogP) is 4.69. The zero-order valence-corrected chi connectivity index (χ0v) is 19.6. The van der Waals surface area contributed by atoms with Gasteiger partial charge in [-0.2, -0.15) is 0 Å². The van der Waals surface area contributed by atoms with Crippen molar-refractivity contribution in [3.8, 4) is 5.75 Å².